The zero-order valence-corrected chi connectivity index (χ0v) is 13.1. The van der Waals surface area contributed by atoms with Crippen LogP contribution in [0.2, 0.25) is 0 Å². The van der Waals surface area contributed by atoms with Gasteiger partial charge in [0.2, 0.25) is 0 Å². The smallest absolute Gasteiger partial charge is 0.0740 e. The van der Waals surface area contributed by atoms with E-state index in [4.69, 9.17) is 4.74 Å². The Hall–Kier alpha value is -0.640. The van der Waals surface area contributed by atoms with Crippen molar-refractivity contribution in [2.45, 2.75) is 18.2 Å². The van der Waals surface area contributed by atoms with E-state index in [1.807, 2.05) is 0 Å². The number of hydrogen-bond donors (Lipinski definition) is 0. The van der Waals surface area contributed by atoms with E-state index in [-0.39, 0.29) is 0 Å². The summed E-state index contributed by atoms with van der Waals surface area (Å²) in [5.74, 6) is 0. The molecule has 3 heteroatoms. The molecule has 0 aliphatic rings. The Balaban J connectivity index is 2.12. The molecule has 1 aromatic carbocycles. The molecular weight excluding hydrogens is 308 g/mol. The Morgan fingerprint density at radius 3 is 2.50 bits per heavy atom. The Morgan fingerprint density at radius 1 is 1.22 bits per heavy atom. The molecule has 2 aromatic rings. The highest BCUT2D eigenvalue weighted by molar-refractivity contribution is 9.09. The molecule has 0 aliphatic heterocycles. The van der Waals surface area contributed by atoms with Crippen molar-refractivity contribution < 1.29 is 4.74 Å². The van der Waals surface area contributed by atoms with Crippen molar-refractivity contribution in [3.8, 4) is 0 Å². The molecule has 2 rings (SSSR count). The monoisotopic (exact) mass is 324 g/mol. The highest BCUT2D eigenvalue weighted by atomic mass is 79.9. The van der Waals surface area contributed by atoms with Crippen LogP contribution in [0.4, 0.5) is 0 Å². The Morgan fingerprint density at radius 2 is 1.94 bits per heavy atom. The van der Waals surface area contributed by atoms with Crippen molar-refractivity contribution in [2.24, 2.45) is 0 Å². The average molecular weight is 325 g/mol. The minimum Gasteiger partial charge on any atom is -0.384 e. The first kappa shape index (κ1) is 13.8. The molecule has 18 heavy (non-hydrogen) atoms. The van der Waals surface area contributed by atoms with E-state index in [1.54, 1.807) is 18.4 Å². The van der Waals surface area contributed by atoms with Crippen LogP contribution in [0.25, 0.3) is 0 Å². The third-order valence-electron chi connectivity index (χ3n) is 3.00. The van der Waals surface area contributed by atoms with E-state index in [2.05, 4.69) is 58.6 Å². The van der Waals surface area contributed by atoms with Gasteiger partial charge in [-0.3, -0.25) is 0 Å². The van der Waals surface area contributed by atoms with E-state index >= 15 is 0 Å². The van der Waals surface area contributed by atoms with Gasteiger partial charge in [0.25, 0.3) is 0 Å². The van der Waals surface area contributed by atoms with Crippen LogP contribution in [0, 0.1) is 6.92 Å². The lowest BCUT2D eigenvalue weighted by atomic mass is 10.1. The van der Waals surface area contributed by atoms with Crippen molar-refractivity contribution in [3.63, 3.8) is 0 Å². The van der Waals surface area contributed by atoms with E-state index in [0.29, 0.717) is 4.83 Å². The number of hydrogen-bond acceptors (Lipinski definition) is 2. The molecule has 1 heterocycles. The lowest BCUT2D eigenvalue weighted by Crippen LogP contribution is -1.96. The van der Waals surface area contributed by atoms with Crippen LogP contribution in [0.3, 0.4) is 0 Å². The number of ether oxygens (including phenoxy) is 1. The van der Waals surface area contributed by atoms with Crippen LogP contribution < -0.4 is 0 Å². The lowest BCUT2D eigenvalue weighted by molar-refractivity contribution is 0.202. The molecule has 0 saturated carbocycles. The largest absolute Gasteiger partial charge is 0.384 e. The Labute approximate surface area is 121 Å². The first-order valence-corrected chi connectivity index (χ1v) is 7.77. The summed E-state index contributed by atoms with van der Waals surface area (Å²) in [5, 5.41) is 2.14. The highest BCUT2D eigenvalue weighted by Gasteiger charge is 2.13. The molecule has 0 saturated heterocycles. The van der Waals surface area contributed by atoms with Gasteiger partial charge in [-0.2, -0.15) is 0 Å². The number of benzene rings is 1. The summed E-state index contributed by atoms with van der Waals surface area (Å²) < 4.78 is 5.09. The number of methoxy groups -OCH3 is 1. The van der Waals surface area contributed by atoms with Crippen LogP contribution in [0.15, 0.2) is 35.7 Å². The van der Waals surface area contributed by atoms with Crippen molar-refractivity contribution >= 4 is 27.3 Å². The lowest BCUT2D eigenvalue weighted by Gasteiger charge is -2.10. The second-order valence-electron chi connectivity index (χ2n) is 4.31. The summed E-state index contributed by atoms with van der Waals surface area (Å²) in [5.41, 5.74) is 3.98. The van der Waals surface area contributed by atoms with Crippen LogP contribution in [-0.4, -0.2) is 13.7 Å². The molecule has 0 fully saturated rings. The maximum absolute atomic E-state index is 5.09. The summed E-state index contributed by atoms with van der Waals surface area (Å²) in [4.78, 5) is 1.69. The van der Waals surface area contributed by atoms with Crippen molar-refractivity contribution in [1.82, 2.24) is 0 Å². The summed E-state index contributed by atoms with van der Waals surface area (Å²) in [7, 11) is 1.74. The molecule has 1 unspecified atom stereocenters. The van der Waals surface area contributed by atoms with Gasteiger partial charge >= 0.3 is 0 Å². The van der Waals surface area contributed by atoms with Crippen LogP contribution in [0.1, 0.15) is 26.4 Å². The van der Waals surface area contributed by atoms with Crippen LogP contribution in [0.5, 0.6) is 0 Å². The average Bonchev–Trinajstić information content (AvgIpc) is 2.82. The van der Waals surface area contributed by atoms with Gasteiger partial charge in [0.05, 0.1) is 11.4 Å². The molecule has 0 radical (unpaired) electrons. The van der Waals surface area contributed by atoms with Gasteiger partial charge in [-0.1, -0.05) is 40.2 Å². The Bertz CT molecular complexity index is 489. The van der Waals surface area contributed by atoms with Crippen molar-refractivity contribution in [2.75, 3.05) is 13.7 Å². The molecule has 0 aliphatic carbocycles. The second kappa shape index (κ2) is 6.50. The van der Waals surface area contributed by atoms with Gasteiger partial charge in [0, 0.05) is 12.0 Å². The molecule has 0 amide bonds. The normalized spacial score (nSPS) is 12.6. The molecule has 96 valence electrons. The molecule has 0 N–H and O–H groups in total. The van der Waals surface area contributed by atoms with E-state index < -0.39 is 0 Å². The first-order chi connectivity index (χ1) is 8.72. The Kier molecular flexibility index (Phi) is 4.98. The maximum Gasteiger partial charge on any atom is 0.0740 e. The zero-order chi connectivity index (χ0) is 13.0. The molecular formula is C15H17BrOS. The molecule has 0 spiro atoms. The summed E-state index contributed by atoms with van der Waals surface area (Å²) >= 11 is 5.59. The first-order valence-electron chi connectivity index (χ1n) is 5.98. The van der Waals surface area contributed by atoms with Gasteiger partial charge in [-0.15, -0.1) is 11.3 Å². The van der Waals surface area contributed by atoms with Gasteiger partial charge in [0.15, 0.2) is 0 Å². The van der Waals surface area contributed by atoms with Crippen molar-refractivity contribution in [1.29, 1.82) is 0 Å². The molecule has 1 aromatic heterocycles. The predicted octanol–water partition coefficient (Wildman–Crippen LogP) is 4.73. The predicted molar refractivity (Wildman–Crippen MR) is 81.8 cm³/mol. The second-order valence-corrected chi connectivity index (χ2v) is 6.18. The third-order valence-corrected chi connectivity index (χ3v) is 5.37. The van der Waals surface area contributed by atoms with Gasteiger partial charge in [-0.25, -0.2) is 0 Å². The summed E-state index contributed by atoms with van der Waals surface area (Å²) in [6.45, 7) is 2.94. The van der Waals surface area contributed by atoms with E-state index in [9.17, 15) is 0 Å². The highest BCUT2D eigenvalue weighted by Crippen LogP contribution is 2.36. The van der Waals surface area contributed by atoms with Crippen LogP contribution >= 0.6 is 27.3 Å². The topological polar surface area (TPSA) is 9.23 Å². The number of aryl methyl sites for hydroxylation is 1. The molecule has 1 nitrogen and oxygen atoms in total. The number of rotatable bonds is 5. The fourth-order valence-corrected chi connectivity index (χ4v) is 3.79. The SMILES string of the molecule is COCCc1ccc(C(Br)c2sccc2C)cc1. The van der Waals surface area contributed by atoms with Gasteiger partial charge in [0.1, 0.15) is 0 Å². The van der Waals surface area contributed by atoms with E-state index in [1.165, 1.54) is 21.6 Å². The maximum atomic E-state index is 5.09. The summed E-state index contributed by atoms with van der Waals surface area (Å²) in [6, 6.07) is 10.9. The fourth-order valence-electron chi connectivity index (χ4n) is 1.87. The van der Waals surface area contributed by atoms with Crippen molar-refractivity contribution in [3.05, 3.63) is 57.3 Å². The third kappa shape index (κ3) is 3.22. The quantitative estimate of drug-likeness (QED) is 0.722. The van der Waals surface area contributed by atoms with E-state index in [0.717, 1.165) is 13.0 Å². The molecule has 0 bridgehead atoms. The molecule has 1 atom stereocenters. The minimum atomic E-state index is 0.300. The minimum absolute atomic E-state index is 0.300. The standard InChI is InChI=1S/C15H17BrOS/c1-11-8-10-18-15(11)14(16)13-5-3-12(4-6-13)7-9-17-2/h3-6,8,10,14H,7,9H2,1-2H3. The van der Waals surface area contributed by atoms with Gasteiger partial charge in [-0.05, 0) is 41.5 Å². The van der Waals surface area contributed by atoms with Crippen LogP contribution in [-0.2, 0) is 11.2 Å². The fraction of sp³-hybridized carbons (Fsp3) is 0.333. The van der Waals surface area contributed by atoms with Gasteiger partial charge < -0.3 is 4.74 Å². The number of alkyl halides is 1. The number of thiophene rings is 1. The zero-order valence-electron chi connectivity index (χ0n) is 10.7. The number of halogens is 1. The summed E-state index contributed by atoms with van der Waals surface area (Å²) in [6.07, 6.45) is 0.974.